The molecule has 290 valence electrons. The molecule has 5 amide bonds. The number of aromatic nitrogens is 1. The number of rotatable bonds is 18. The van der Waals surface area contributed by atoms with E-state index in [4.69, 9.17) is 16.3 Å². The van der Waals surface area contributed by atoms with E-state index in [9.17, 15) is 41.7 Å². The standard InChI is InChI=1S/C33H52N8O10S/c1-17(2)12-23(31(46)41-35)38-32(47)27(18(3)4)40-30(45)25(16-52(48,49)50)39-29(44)24(14-26(42)51-33(5,6)7)37-28(43)21(34)13-19-15-36-22-11-9-8-10-20(19)22/h8-11,15,17-18,21,23-25,27,36H,12-14,16,34-35H2,1-7H3,(H,37,43)(H,38,47)(H,39,44)(H,40,45)(H,41,46)(H,48,49,50)/t21-,23+,24-,25+,27-/m1/s1. The van der Waals surface area contributed by atoms with E-state index in [0.29, 0.717) is 5.56 Å². The summed E-state index contributed by atoms with van der Waals surface area (Å²) in [4.78, 5) is 81.9. The average Bonchev–Trinajstić information content (AvgIpc) is 3.42. The van der Waals surface area contributed by atoms with E-state index in [-0.39, 0.29) is 18.8 Å². The molecular weight excluding hydrogens is 700 g/mol. The lowest BCUT2D eigenvalue weighted by Gasteiger charge is -2.28. The molecule has 5 atom stereocenters. The summed E-state index contributed by atoms with van der Waals surface area (Å²) in [6.07, 6.45) is 1.18. The smallest absolute Gasteiger partial charge is 0.308 e. The predicted molar refractivity (Wildman–Crippen MR) is 191 cm³/mol. The molecule has 0 spiro atoms. The van der Waals surface area contributed by atoms with Crippen LogP contribution in [0, 0.1) is 11.8 Å². The molecule has 2 aromatic rings. The van der Waals surface area contributed by atoms with Gasteiger partial charge in [0.2, 0.25) is 23.6 Å². The number of para-hydroxylation sites is 1. The Kier molecular flexibility index (Phi) is 15.7. The number of benzene rings is 1. The van der Waals surface area contributed by atoms with Crippen molar-refractivity contribution >= 4 is 56.5 Å². The summed E-state index contributed by atoms with van der Waals surface area (Å²) < 4.78 is 38.9. The number of aromatic amines is 1. The first kappa shape index (κ1) is 43.6. The Morgan fingerprint density at radius 1 is 0.846 bits per heavy atom. The third kappa shape index (κ3) is 14.2. The van der Waals surface area contributed by atoms with E-state index in [2.05, 4.69) is 26.3 Å². The zero-order valence-corrected chi connectivity index (χ0v) is 31.3. The van der Waals surface area contributed by atoms with Gasteiger partial charge in [-0.1, -0.05) is 45.9 Å². The van der Waals surface area contributed by atoms with Crippen molar-refractivity contribution in [2.75, 3.05) is 5.75 Å². The average molecular weight is 753 g/mol. The van der Waals surface area contributed by atoms with Gasteiger partial charge in [0.15, 0.2) is 0 Å². The SMILES string of the molecule is CC(C)C[C@H](NC(=O)[C@H](NC(=O)[C@H](CS(=O)(=O)O)NC(=O)[C@@H](CC(=O)OC(C)(C)C)NC(=O)[C@H](N)Cc1c[nH]c2ccccc12)C(C)C)C(=O)NN. The first-order valence-corrected chi connectivity index (χ1v) is 18.3. The second-order valence-electron chi connectivity index (χ2n) is 14.3. The Balaban J connectivity index is 2.34. The second kappa shape index (κ2) is 18.8. The highest BCUT2D eigenvalue weighted by molar-refractivity contribution is 7.85. The number of nitrogens with one attached hydrogen (secondary N) is 6. The molecule has 0 radical (unpaired) electrons. The molecule has 0 saturated carbocycles. The van der Waals surface area contributed by atoms with Gasteiger partial charge in [-0.3, -0.25) is 38.7 Å². The van der Waals surface area contributed by atoms with E-state index < -0.39 is 99.5 Å². The number of hydrazine groups is 1. The minimum Gasteiger partial charge on any atom is -0.460 e. The quantitative estimate of drug-likeness (QED) is 0.0300. The van der Waals surface area contributed by atoms with Crippen LogP contribution in [0.3, 0.4) is 0 Å². The van der Waals surface area contributed by atoms with Crippen molar-refractivity contribution in [1.29, 1.82) is 0 Å². The first-order valence-electron chi connectivity index (χ1n) is 16.7. The highest BCUT2D eigenvalue weighted by Crippen LogP contribution is 2.19. The highest BCUT2D eigenvalue weighted by atomic mass is 32.2. The minimum absolute atomic E-state index is 0.0357. The number of hydrogen-bond acceptors (Lipinski definition) is 11. The lowest BCUT2D eigenvalue weighted by molar-refractivity contribution is -0.156. The maximum atomic E-state index is 13.6. The van der Waals surface area contributed by atoms with E-state index in [0.717, 1.165) is 10.9 Å². The van der Waals surface area contributed by atoms with Crippen molar-refractivity contribution in [2.45, 2.75) is 104 Å². The number of carbonyl (C=O) groups is 6. The molecule has 1 heterocycles. The molecule has 2 rings (SSSR count). The molecular formula is C33H52N8O10S. The fourth-order valence-electron chi connectivity index (χ4n) is 5.19. The summed E-state index contributed by atoms with van der Waals surface area (Å²) in [5.41, 5.74) is 8.70. The summed E-state index contributed by atoms with van der Waals surface area (Å²) in [7, 11) is -4.94. The molecule has 1 aromatic heterocycles. The second-order valence-corrected chi connectivity index (χ2v) is 15.8. The summed E-state index contributed by atoms with van der Waals surface area (Å²) in [6.45, 7) is 11.5. The molecule has 0 saturated heterocycles. The number of hydrogen-bond donors (Lipinski definition) is 9. The highest BCUT2D eigenvalue weighted by Gasteiger charge is 2.36. The first-order chi connectivity index (χ1) is 24.0. The van der Waals surface area contributed by atoms with Crippen LogP contribution in [0.5, 0.6) is 0 Å². The lowest BCUT2D eigenvalue weighted by Crippen LogP contribution is -2.61. The monoisotopic (exact) mass is 752 g/mol. The molecule has 18 nitrogen and oxygen atoms in total. The van der Waals surface area contributed by atoms with Gasteiger partial charge < -0.3 is 36.7 Å². The zero-order chi connectivity index (χ0) is 39.6. The number of fused-ring (bicyclic) bond motifs is 1. The van der Waals surface area contributed by atoms with Crippen molar-refractivity contribution in [2.24, 2.45) is 23.4 Å². The van der Waals surface area contributed by atoms with Crippen LogP contribution in [0.1, 0.15) is 66.9 Å². The van der Waals surface area contributed by atoms with Crippen LogP contribution >= 0.6 is 0 Å². The summed E-state index contributed by atoms with van der Waals surface area (Å²) in [5, 5.41) is 10.2. The number of esters is 1. The van der Waals surface area contributed by atoms with Crippen LogP contribution in [-0.2, 0) is 50.0 Å². The van der Waals surface area contributed by atoms with E-state index >= 15 is 0 Å². The molecule has 0 aliphatic rings. The van der Waals surface area contributed by atoms with Gasteiger partial charge in [-0.25, -0.2) is 5.84 Å². The Morgan fingerprint density at radius 3 is 1.98 bits per heavy atom. The van der Waals surface area contributed by atoms with Gasteiger partial charge in [0, 0.05) is 17.1 Å². The van der Waals surface area contributed by atoms with Crippen LogP contribution < -0.4 is 38.3 Å². The van der Waals surface area contributed by atoms with Crippen molar-refractivity contribution in [3.63, 3.8) is 0 Å². The van der Waals surface area contributed by atoms with Gasteiger partial charge in [-0.05, 0) is 57.1 Å². The van der Waals surface area contributed by atoms with Crippen LogP contribution in [-0.4, -0.2) is 95.0 Å². The van der Waals surface area contributed by atoms with Crippen LogP contribution in [0.4, 0.5) is 0 Å². The molecule has 0 aliphatic heterocycles. The number of nitrogens with two attached hydrogens (primary N) is 2. The topological polar surface area (TPSA) is 294 Å². The molecule has 52 heavy (non-hydrogen) atoms. The third-order valence-electron chi connectivity index (χ3n) is 7.61. The Hall–Kier alpha value is -4.59. The van der Waals surface area contributed by atoms with Gasteiger partial charge in [0.25, 0.3) is 16.0 Å². The van der Waals surface area contributed by atoms with Crippen molar-refractivity contribution in [3.8, 4) is 0 Å². The maximum absolute atomic E-state index is 13.6. The number of H-pyrrole nitrogens is 1. The van der Waals surface area contributed by atoms with Crippen molar-refractivity contribution in [1.82, 2.24) is 31.7 Å². The molecule has 0 bridgehead atoms. The van der Waals surface area contributed by atoms with Gasteiger partial charge in [0.1, 0.15) is 35.5 Å². The van der Waals surface area contributed by atoms with Gasteiger partial charge in [-0.2, -0.15) is 8.42 Å². The number of ether oxygens (including phenoxy) is 1. The Labute approximate surface area is 303 Å². The summed E-state index contributed by atoms with van der Waals surface area (Å²) in [6, 6.07) is -0.0606. The fourth-order valence-corrected chi connectivity index (χ4v) is 5.84. The largest absolute Gasteiger partial charge is 0.460 e. The van der Waals surface area contributed by atoms with Crippen LogP contribution in [0.15, 0.2) is 30.5 Å². The zero-order valence-electron chi connectivity index (χ0n) is 30.4. The van der Waals surface area contributed by atoms with Crippen LogP contribution in [0.2, 0.25) is 0 Å². The number of carbonyl (C=O) groups excluding carboxylic acids is 6. The van der Waals surface area contributed by atoms with Gasteiger partial charge in [-0.15, -0.1) is 0 Å². The molecule has 11 N–H and O–H groups in total. The minimum atomic E-state index is -4.94. The van der Waals surface area contributed by atoms with Crippen molar-refractivity contribution in [3.05, 3.63) is 36.0 Å². The number of amides is 5. The molecule has 19 heteroatoms. The Morgan fingerprint density at radius 2 is 1.42 bits per heavy atom. The fraction of sp³-hybridized carbons (Fsp3) is 0.576. The predicted octanol–water partition coefficient (Wildman–Crippen LogP) is -0.711. The summed E-state index contributed by atoms with van der Waals surface area (Å²) >= 11 is 0. The van der Waals surface area contributed by atoms with Crippen molar-refractivity contribution < 1.29 is 46.5 Å². The molecule has 1 aromatic carbocycles. The van der Waals surface area contributed by atoms with Gasteiger partial charge >= 0.3 is 5.97 Å². The van der Waals surface area contributed by atoms with E-state index in [1.54, 1.807) is 40.8 Å². The Bertz CT molecular complexity index is 1700. The van der Waals surface area contributed by atoms with E-state index in [1.807, 2.05) is 43.5 Å². The third-order valence-corrected chi connectivity index (χ3v) is 8.37. The normalized spacial score (nSPS) is 14.8. The van der Waals surface area contributed by atoms with E-state index in [1.165, 1.54) is 0 Å². The lowest BCUT2D eigenvalue weighted by atomic mass is 9.99. The van der Waals surface area contributed by atoms with Gasteiger partial charge in [0.05, 0.1) is 12.5 Å². The molecule has 0 unspecified atom stereocenters. The van der Waals surface area contributed by atoms with Crippen LogP contribution in [0.25, 0.3) is 10.9 Å². The molecule has 0 aliphatic carbocycles. The summed E-state index contributed by atoms with van der Waals surface area (Å²) in [5.74, 6) is -2.40. The maximum Gasteiger partial charge on any atom is 0.308 e. The molecule has 0 fully saturated rings.